The van der Waals surface area contributed by atoms with E-state index in [1.807, 2.05) is 13.0 Å². The number of aryl methyl sites for hydroxylation is 3. The summed E-state index contributed by atoms with van der Waals surface area (Å²) in [6.45, 7) is 11.1. The predicted molar refractivity (Wildman–Crippen MR) is 126 cm³/mol. The molecule has 0 saturated heterocycles. The minimum atomic E-state index is -0.500. The number of hydrogen-bond acceptors (Lipinski definition) is 4. The van der Waals surface area contributed by atoms with Crippen molar-refractivity contribution in [3.8, 4) is 5.69 Å². The summed E-state index contributed by atoms with van der Waals surface area (Å²) in [5.74, 6) is -0.684. The van der Waals surface area contributed by atoms with Crippen LogP contribution in [0.3, 0.4) is 0 Å². The van der Waals surface area contributed by atoms with Gasteiger partial charge in [0, 0.05) is 37.3 Å². The van der Waals surface area contributed by atoms with Crippen molar-refractivity contribution in [2.24, 2.45) is 0 Å². The second-order valence-corrected chi connectivity index (χ2v) is 8.22. The third-order valence-electron chi connectivity index (χ3n) is 6.06. The van der Waals surface area contributed by atoms with Crippen molar-refractivity contribution in [3.05, 3.63) is 69.2 Å². The average molecular weight is 437 g/mol. The number of para-hydroxylation sites is 1. The molecule has 6 nitrogen and oxygen atoms in total. The molecule has 0 fully saturated rings. The first-order valence-corrected chi connectivity index (χ1v) is 10.8. The van der Waals surface area contributed by atoms with Crippen LogP contribution in [0.2, 0.25) is 0 Å². The van der Waals surface area contributed by atoms with Gasteiger partial charge in [-0.3, -0.25) is 4.79 Å². The smallest absolute Gasteiger partial charge is 0.340 e. The number of hydrogen-bond donors (Lipinski definition) is 0. The molecule has 1 aromatic carbocycles. The van der Waals surface area contributed by atoms with E-state index < -0.39 is 5.97 Å². The first kappa shape index (κ1) is 23.5. The van der Waals surface area contributed by atoms with Crippen LogP contribution in [0.1, 0.15) is 41.4 Å². The van der Waals surface area contributed by atoms with E-state index in [1.54, 1.807) is 18.9 Å². The van der Waals surface area contributed by atoms with Crippen LogP contribution in [0.5, 0.6) is 0 Å². The number of esters is 1. The molecule has 1 aromatic heterocycles. The zero-order valence-corrected chi connectivity index (χ0v) is 20.0. The van der Waals surface area contributed by atoms with E-state index in [2.05, 4.69) is 49.6 Å². The molecular formula is C26H32N2O4. The molecule has 0 aliphatic carbocycles. The van der Waals surface area contributed by atoms with Gasteiger partial charge < -0.3 is 18.9 Å². The zero-order chi connectivity index (χ0) is 23.6. The fourth-order valence-electron chi connectivity index (χ4n) is 4.46. The van der Waals surface area contributed by atoms with Crippen molar-refractivity contribution in [1.29, 1.82) is 0 Å². The summed E-state index contributed by atoms with van der Waals surface area (Å²) >= 11 is 0. The maximum absolute atomic E-state index is 13.3. The number of carbonyl (C=O) groups is 2. The molecule has 0 spiro atoms. The second-order valence-electron chi connectivity index (χ2n) is 8.22. The summed E-state index contributed by atoms with van der Waals surface area (Å²) in [5, 5.41) is 0. The molecule has 1 aliphatic heterocycles. The molecule has 3 rings (SSSR count). The molecule has 0 atom stereocenters. The van der Waals surface area contributed by atoms with Gasteiger partial charge in [-0.2, -0.15) is 0 Å². The number of nitrogens with zero attached hydrogens (tertiary/aromatic N) is 2. The highest BCUT2D eigenvalue weighted by Crippen LogP contribution is 2.34. The number of benzene rings is 1. The van der Waals surface area contributed by atoms with Crippen LogP contribution in [0.15, 0.2) is 41.1 Å². The molecule has 0 saturated carbocycles. The van der Waals surface area contributed by atoms with E-state index in [1.165, 1.54) is 18.2 Å². The Morgan fingerprint density at radius 1 is 1.06 bits per heavy atom. The molecule has 1 aliphatic rings. The van der Waals surface area contributed by atoms with Gasteiger partial charge in [0.2, 0.25) is 0 Å². The van der Waals surface area contributed by atoms with E-state index in [0.29, 0.717) is 36.4 Å². The quantitative estimate of drug-likeness (QED) is 0.366. The fourth-order valence-corrected chi connectivity index (χ4v) is 4.46. The topological polar surface area (TPSA) is 60.8 Å². The highest BCUT2D eigenvalue weighted by Gasteiger charge is 2.37. The van der Waals surface area contributed by atoms with Crippen molar-refractivity contribution in [2.45, 2.75) is 41.0 Å². The van der Waals surface area contributed by atoms with Crippen LogP contribution in [0.25, 0.3) is 11.8 Å². The summed E-state index contributed by atoms with van der Waals surface area (Å²) < 4.78 is 12.3. The van der Waals surface area contributed by atoms with E-state index in [9.17, 15) is 9.59 Å². The Morgan fingerprint density at radius 3 is 2.31 bits per heavy atom. The summed E-state index contributed by atoms with van der Waals surface area (Å²) in [6.07, 6.45) is 2.50. The first-order chi connectivity index (χ1) is 15.2. The van der Waals surface area contributed by atoms with E-state index in [-0.39, 0.29) is 5.91 Å². The second kappa shape index (κ2) is 9.57. The van der Waals surface area contributed by atoms with Gasteiger partial charge in [-0.05, 0) is 69.9 Å². The van der Waals surface area contributed by atoms with Crippen LogP contribution in [0.4, 0.5) is 0 Å². The highest BCUT2D eigenvalue weighted by molar-refractivity contribution is 6.16. The SMILES string of the molecule is COCCCN1C(=O)/C(=C\c2cc(C)n(-c3c(C)cccc3C)c2C)C(C(=O)OC)=C1C. The lowest BCUT2D eigenvalue weighted by molar-refractivity contribution is -0.136. The van der Waals surface area contributed by atoms with Crippen LogP contribution in [0, 0.1) is 27.7 Å². The maximum Gasteiger partial charge on any atom is 0.340 e. The van der Waals surface area contributed by atoms with E-state index in [4.69, 9.17) is 9.47 Å². The first-order valence-electron chi connectivity index (χ1n) is 10.8. The monoisotopic (exact) mass is 436 g/mol. The molecule has 2 aromatic rings. The Kier molecular flexibility index (Phi) is 7.04. The largest absolute Gasteiger partial charge is 0.465 e. The lowest BCUT2D eigenvalue weighted by Crippen LogP contribution is -2.26. The lowest BCUT2D eigenvalue weighted by atomic mass is 10.0. The standard InChI is InChI=1S/C26H32N2O4/c1-16-10-8-11-17(2)24(16)28-18(3)14-21(19(28)4)15-22-23(26(30)32-7)20(5)27(25(22)29)12-9-13-31-6/h8,10-11,14-15H,9,12-13H2,1-7H3/b22-15-. The van der Waals surface area contributed by atoms with E-state index in [0.717, 1.165) is 22.6 Å². The fraction of sp³-hybridized carbons (Fsp3) is 0.385. The molecule has 6 heteroatoms. The Hall–Kier alpha value is -3.12. The van der Waals surface area contributed by atoms with Crippen molar-refractivity contribution >= 4 is 18.0 Å². The third-order valence-corrected chi connectivity index (χ3v) is 6.06. The van der Waals surface area contributed by atoms with Crippen molar-refractivity contribution < 1.29 is 19.1 Å². The van der Waals surface area contributed by atoms with Gasteiger partial charge in [-0.15, -0.1) is 0 Å². The number of allylic oxidation sites excluding steroid dienone is 1. The van der Waals surface area contributed by atoms with Gasteiger partial charge in [0.1, 0.15) is 0 Å². The number of carbonyl (C=O) groups excluding carboxylic acids is 2. The zero-order valence-electron chi connectivity index (χ0n) is 20.0. The van der Waals surface area contributed by atoms with Gasteiger partial charge in [-0.25, -0.2) is 4.79 Å². The van der Waals surface area contributed by atoms with Crippen molar-refractivity contribution in [1.82, 2.24) is 9.47 Å². The van der Waals surface area contributed by atoms with Crippen LogP contribution in [-0.4, -0.2) is 48.7 Å². The molecule has 2 heterocycles. The molecule has 0 N–H and O–H groups in total. The third kappa shape index (κ3) is 4.15. The Morgan fingerprint density at radius 2 is 1.72 bits per heavy atom. The normalized spacial score (nSPS) is 15.3. The minimum absolute atomic E-state index is 0.184. The molecule has 32 heavy (non-hydrogen) atoms. The van der Waals surface area contributed by atoms with Gasteiger partial charge in [0.15, 0.2) is 0 Å². The Labute approximate surface area is 190 Å². The molecule has 0 bridgehead atoms. The number of aromatic nitrogens is 1. The van der Waals surface area contributed by atoms with Crippen molar-refractivity contribution in [2.75, 3.05) is 27.4 Å². The number of ether oxygens (including phenoxy) is 2. The minimum Gasteiger partial charge on any atom is -0.465 e. The highest BCUT2D eigenvalue weighted by atomic mass is 16.5. The van der Waals surface area contributed by atoms with Gasteiger partial charge in [-0.1, -0.05) is 18.2 Å². The molecule has 170 valence electrons. The number of rotatable bonds is 7. The maximum atomic E-state index is 13.3. The molecular weight excluding hydrogens is 404 g/mol. The van der Waals surface area contributed by atoms with Crippen LogP contribution >= 0.6 is 0 Å². The molecule has 0 unspecified atom stereocenters. The summed E-state index contributed by atoms with van der Waals surface area (Å²) in [5.41, 5.74) is 7.80. The van der Waals surface area contributed by atoms with E-state index >= 15 is 0 Å². The summed E-state index contributed by atoms with van der Waals surface area (Å²) in [7, 11) is 2.97. The van der Waals surface area contributed by atoms with Gasteiger partial charge in [0.25, 0.3) is 5.91 Å². The van der Waals surface area contributed by atoms with Crippen molar-refractivity contribution in [3.63, 3.8) is 0 Å². The Balaban J connectivity index is 2.11. The summed E-state index contributed by atoms with van der Waals surface area (Å²) in [6, 6.07) is 8.30. The van der Waals surface area contributed by atoms with Gasteiger partial charge >= 0.3 is 5.97 Å². The lowest BCUT2D eigenvalue weighted by Gasteiger charge is -2.17. The summed E-state index contributed by atoms with van der Waals surface area (Å²) in [4.78, 5) is 27.5. The molecule has 0 radical (unpaired) electrons. The number of amides is 1. The van der Waals surface area contributed by atoms with Crippen LogP contribution in [-0.2, 0) is 19.1 Å². The van der Waals surface area contributed by atoms with Gasteiger partial charge in [0.05, 0.1) is 23.9 Å². The average Bonchev–Trinajstić information content (AvgIpc) is 3.15. The van der Waals surface area contributed by atoms with Crippen LogP contribution < -0.4 is 0 Å². The molecule has 1 amide bonds. The predicted octanol–water partition coefficient (Wildman–Crippen LogP) is 4.42. The number of methoxy groups -OCH3 is 2. The Bertz CT molecular complexity index is 1100.